The molecule has 0 aliphatic carbocycles. The summed E-state index contributed by atoms with van der Waals surface area (Å²) in [5, 5.41) is 11.0. The molecular formula is C13H11ClO3. The lowest BCUT2D eigenvalue weighted by molar-refractivity contribution is -0.137. The number of fused-ring (bicyclic) bond motifs is 1. The van der Waals surface area contributed by atoms with Gasteiger partial charge in [0.15, 0.2) is 0 Å². The number of carboxylic acid groups (broad SMARTS) is 1. The Morgan fingerprint density at radius 3 is 2.59 bits per heavy atom. The Bertz CT molecular complexity index is 551. The zero-order valence-electron chi connectivity index (χ0n) is 9.02. The van der Waals surface area contributed by atoms with Crippen molar-refractivity contribution in [1.82, 2.24) is 0 Å². The van der Waals surface area contributed by atoms with E-state index in [1.807, 2.05) is 24.3 Å². The fourth-order valence-corrected chi connectivity index (χ4v) is 1.84. The summed E-state index contributed by atoms with van der Waals surface area (Å²) in [5.41, 5.74) is 0. The maximum atomic E-state index is 10.4. The summed E-state index contributed by atoms with van der Waals surface area (Å²) >= 11 is 6.06. The lowest BCUT2D eigenvalue weighted by Gasteiger charge is -2.09. The number of rotatable bonds is 4. The van der Waals surface area contributed by atoms with E-state index in [1.165, 1.54) is 0 Å². The van der Waals surface area contributed by atoms with Crippen molar-refractivity contribution < 1.29 is 14.6 Å². The highest BCUT2D eigenvalue weighted by molar-refractivity contribution is 6.35. The number of hydrogen-bond donors (Lipinski definition) is 1. The second-order valence-corrected chi connectivity index (χ2v) is 3.99. The van der Waals surface area contributed by atoms with Crippen molar-refractivity contribution in [3.8, 4) is 5.75 Å². The van der Waals surface area contributed by atoms with Gasteiger partial charge in [0.05, 0.1) is 13.0 Å². The molecule has 0 aliphatic rings. The van der Waals surface area contributed by atoms with E-state index in [-0.39, 0.29) is 13.0 Å². The third-order valence-corrected chi connectivity index (χ3v) is 2.73. The average Bonchev–Trinajstić information content (AvgIpc) is 2.32. The average molecular weight is 251 g/mol. The molecule has 0 atom stereocenters. The van der Waals surface area contributed by atoms with Gasteiger partial charge in [0, 0.05) is 15.8 Å². The molecule has 0 bridgehead atoms. The quantitative estimate of drug-likeness (QED) is 0.905. The standard InChI is InChI=1S/C13H11ClO3/c14-11-5-6-12(17-8-7-13(15)16)10-4-2-1-3-9(10)11/h1-6H,7-8H2,(H,15,16). The van der Waals surface area contributed by atoms with Gasteiger partial charge in [0.1, 0.15) is 5.75 Å². The minimum Gasteiger partial charge on any atom is -0.492 e. The predicted molar refractivity (Wildman–Crippen MR) is 66.7 cm³/mol. The molecule has 1 N–H and O–H groups in total. The van der Waals surface area contributed by atoms with Crippen LogP contribution in [0.3, 0.4) is 0 Å². The summed E-state index contributed by atoms with van der Waals surface area (Å²) in [5.74, 6) is -0.213. The molecule has 2 aromatic carbocycles. The van der Waals surface area contributed by atoms with Crippen LogP contribution in [0, 0.1) is 0 Å². The van der Waals surface area contributed by atoms with Crippen LogP contribution in [0.4, 0.5) is 0 Å². The molecule has 88 valence electrons. The van der Waals surface area contributed by atoms with E-state index in [2.05, 4.69) is 0 Å². The van der Waals surface area contributed by atoms with Gasteiger partial charge in [-0.2, -0.15) is 0 Å². The number of carbonyl (C=O) groups is 1. The first kappa shape index (κ1) is 11.7. The molecule has 0 aromatic heterocycles. The predicted octanol–water partition coefficient (Wildman–Crippen LogP) is 3.35. The van der Waals surface area contributed by atoms with Crippen molar-refractivity contribution in [2.45, 2.75) is 6.42 Å². The van der Waals surface area contributed by atoms with Crippen molar-refractivity contribution in [2.24, 2.45) is 0 Å². The summed E-state index contributed by atoms with van der Waals surface area (Å²) in [6.45, 7) is 0.154. The Morgan fingerprint density at radius 1 is 1.18 bits per heavy atom. The van der Waals surface area contributed by atoms with Gasteiger partial charge >= 0.3 is 5.97 Å². The molecule has 17 heavy (non-hydrogen) atoms. The van der Waals surface area contributed by atoms with Crippen LogP contribution in [0.2, 0.25) is 5.02 Å². The fourth-order valence-electron chi connectivity index (χ4n) is 1.61. The first-order chi connectivity index (χ1) is 8.18. The highest BCUT2D eigenvalue weighted by Crippen LogP contribution is 2.31. The number of ether oxygens (including phenoxy) is 1. The van der Waals surface area contributed by atoms with Gasteiger partial charge in [-0.25, -0.2) is 0 Å². The van der Waals surface area contributed by atoms with E-state index in [9.17, 15) is 4.79 Å². The van der Waals surface area contributed by atoms with E-state index in [0.717, 1.165) is 10.8 Å². The highest BCUT2D eigenvalue weighted by Gasteiger charge is 2.05. The molecule has 4 heteroatoms. The Hall–Kier alpha value is -1.74. The Morgan fingerprint density at radius 2 is 1.88 bits per heavy atom. The molecule has 0 unspecified atom stereocenters. The molecule has 0 saturated carbocycles. The van der Waals surface area contributed by atoms with Crippen LogP contribution in [0.5, 0.6) is 5.75 Å². The van der Waals surface area contributed by atoms with Crippen molar-refractivity contribution in [3.05, 3.63) is 41.4 Å². The molecule has 3 nitrogen and oxygen atoms in total. The molecule has 0 aliphatic heterocycles. The topological polar surface area (TPSA) is 46.5 Å². The number of benzene rings is 2. The molecule has 0 heterocycles. The monoisotopic (exact) mass is 250 g/mol. The fraction of sp³-hybridized carbons (Fsp3) is 0.154. The lowest BCUT2D eigenvalue weighted by atomic mass is 10.1. The maximum Gasteiger partial charge on any atom is 0.306 e. The summed E-state index contributed by atoms with van der Waals surface area (Å²) < 4.78 is 5.45. The van der Waals surface area contributed by atoms with Crippen LogP contribution in [-0.4, -0.2) is 17.7 Å². The third-order valence-electron chi connectivity index (χ3n) is 2.40. The minimum atomic E-state index is -0.872. The van der Waals surface area contributed by atoms with Gasteiger partial charge < -0.3 is 9.84 Å². The van der Waals surface area contributed by atoms with E-state index in [1.54, 1.807) is 12.1 Å². The first-order valence-electron chi connectivity index (χ1n) is 5.20. The SMILES string of the molecule is O=C(O)CCOc1ccc(Cl)c2ccccc12. The maximum absolute atomic E-state index is 10.4. The third kappa shape index (κ3) is 2.68. The van der Waals surface area contributed by atoms with Crippen LogP contribution >= 0.6 is 11.6 Å². The van der Waals surface area contributed by atoms with Gasteiger partial charge in [-0.05, 0) is 12.1 Å². The number of hydrogen-bond acceptors (Lipinski definition) is 2. The summed E-state index contributed by atoms with van der Waals surface area (Å²) in [4.78, 5) is 10.4. The van der Waals surface area contributed by atoms with E-state index >= 15 is 0 Å². The van der Waals surface area contributed by atoms with Gasteiger partial charge in [0.2, 0.25) is 0 Å². The molecule has 0 saturated heterocycles. The van der Waals surface area contributed by atoms with Crippen LogP contribution in [0.15, 0.2) is 36.4 Å². The van der Waals surface area contributed by atoms with Crippen molar-refractivity contribution in [3.63, 3.8) is 0 Å². The number of halogens is 1. The summed E-state index contributed by atoms with van der Waals surface area (Å²) in [6, 6.07) is 11.1. The van der Waals surface area contributed by atoms with Crippen molar-refractivity contribution in [2.75, 3.05) is 6.61 Å². The smallest absolute Gasteiger partial charge is 0.306 e. The Kier molecular flexibility index (Phi) is 3.49. The lowest BCUT2D eigenvalue weighted by Crippen LogP contribution is -2.04. The molecule has 0 spiro atoms. The van der Waals surface area contributed by atoms with Crippen molar-refractivity contribution >= 4 is 28.3 Å². The number of carboxylic acids is 1. The zero-order valence-corrected chi connectivity index (χ0v) is 9.78. The van der Waals surface area contributed by atoms with E-state index < -0.39 is 5.97 Å². The summed E-state index contributed by atoms with van der Waals surface area (Å²) in [7, 11) is 0. The van der Waals surface area contributed by atoms with E-state index in [4.69, 9.17) is 21.4 Å². The second-order valence-electron chi connectivity index (χ2n) is 3.58. The Labute approximate surface area is 104 Å². The van der Waals surface area contributed by atoms with Crippen LogP contribution < -0.4 is 4.74 Å². The van der Waals surface area contributed by atoms with E-state index in [0.29, 0.717) is 10.8 Å². The van der Waals surface area contributed by atoms with Crippen LogP contribution in [0.25, 0.3) is 10.8 Å². The first-order valence-corrected chi connectivity index (χ1v) is 5.58. The van der Waals surface area contributed by atoms with Crippen LogP contribution in [0.1, 0.15) is 6.42 Å². The molecule has 0 fully saturated rings. The molecule has 0 radical (unpaired) electrons. The summed E-state index contributed by atoms with van der Waals surface area (Å²) in [6.07, 6.45) is -0.0169. The largest absolute Gasteiger partial charge is 0.492 e. The number of aliphatic carboxylic acids is 1. The second kappa shape index (κ2) is 5.06. The zero-order chi connectivity index (χ0) is 12.3. The van der Waals surface area contributed by atoms with Gasteiger partial charge in [-0.15, -0.1) is 0 Å². The highest BCUT2D eigenvalue weighted by atomic mass is 35.5. The van der Waals surface area contributed by atoms with Crippen LogP contribution in [-0.2, 0) is 4.79 Å². The van der Waals surface area contributed by atoms with Gasteiger partial charge in [0.25, 0.3) is 0 Å². The van der Waals surface area contributed by atoms with Crippen molar-refractivity contribution in [1.29, 1.82) is 0 Å². The Balaban J connectivity index is 2.28. The minimum absolute atomic E-state index is 0.0169. The molecule has 0 amide bonds. The van der Waals surface area contributed by atoms with Gasteiger partial charge in [-0.1, -0.05) is 35.9 Å². The molecule has 2 rings (SSSR count). The molecular weight excluding hydrogens is 240 g/mol. The van der Waals surface area contributed by atoms with Gasteiger partial charge in [-0.3, -0.25) is 4.79 Å². The normalized spacial score (nSPS) is 10.4. The molecule has 2 aromatic rings.